The Balaban J connectivity index is 2.42. The summed E-state index contributed by atoms with van der Waals surface area (Å²) in [6, 6.07) is 8.48. The van der Waals surface area contributed by atoms with Crippen LogP contribution in [0, 0.1) is 15.9 Å². The molecule has 0 aromatic heterocycles. The molecular formula is C13H8Br2FNO3. The fraction of sp³-hybridized carbons (Fsp3) is 0.0769. The fourth-order valence-electron chi connectivity index (χ4n) is 1.59. The van der Waals surface area contributed by atoms with Gasteiger partial charge in [0.25, 0.3) is 0 Å². The quantitative estimate of drug-likeness (QED) is 0.400. The van der Waals surface area contributed by atoms with E-state index in [1.807, 2.05) is 0 Å². The summed E-state index contributed by atoms with van der Waals surface area (Å²) < 4.78 is 19.3. The van der Waals surface area contributed by atoms with Gasteiger partial charge in [0.1, 0.15) is 11.6 Å². The predicted molar refractivity (Wildman–Crippen MR) is 79.9 cm³/mol. The molecule has 4 nitrogen and oxygen atoms in total. The molecule has 0 unspecified atom stereocenters. The van der Waals surface area contributed by atoms with Crippen LogP contribution >= 0.6 is 31.9 Å². The molecule has 0 atom stereocenters. The zero-order valence-electron chi connectivity index (χ0n) is 9.98. The maximum atomic E-state index is 13.1. The van der Waals surface area contributed by atoms with Crippen LogP contribution in [0.5, 0.6) is 11.5 Å². The van der Waals surface area contributed by atoms with E-state index in [2.05, 4.69) is 31.9 Å². The third-order valence-corrected chi connectivity index (χ3v) is 3.60. The van der Waals surface area contributed by atoms with Crippen molar-refractivity contribution in [3.05, 3.63) is 62.4 Å². The zero-order valence-corrected chi connectivity index (χ0v) is 13.1. The van der Waals surface area contributed by atoms with Gasteiger partial charge >= 0.3 is 5.69 Å². The maximum Gasteiger partial charge on any atom is 0.312 e. The average molecular weight is 405 g/mol. The highest BCUT2D eigenvalue weighted by molar-refractivity contribution is 9.10. The molecule has 104 valence electrons. The molecule has 0 radical (unpaired) electrons. The van der Waals surface area contributed by atoms with Crippen LogP contribution in [0.15, 0.2) is 40.9 Å². The third kappa shape index (κ3) is 3.34. The van der Waals surface area contributed by atoms with Crippen molar-refractivity contribution in [1.82, 2.24) is 0 Å². The van der Waals surface area contributed by atoms with Crippen molar-refractivity contribution >= 4 is 37.5 Å². The van der Waals surface area contributed by atoms with E-state index in [1.54, 1.807) is 6.07 Å². The summed E-state index contributed by atoms with van der Waals surface area (Å²) in [4.78, 5) is 10.5. The summed E-state index contributed by atoms with van der Waals surface area (Å²) in [5.41, 5.74) is 0.409. The van der Waals surface area contributed by atoms with Gasteiger partial charge in [0, 0.05) is 21.4 Å². The number of alkyl halides is 1. The van der Waals surface area contributed by atoms with Gasteiger partial charge in [-0.3, -0.25) is 10.1 Å². The van der Waals surface area contributed by atoms with Gasteiger partial charge in [-0.05, 0) is 30.3 Å². The Morgan fingerprint density at radius 2 is 1.90 bits per heavy atom. The fourth-order valence-corrected chi connectivity index (χ4v) is 2.38. The van der Waals surface area contributed by atoms with E-state index in [4.69, 9.17) is 4.74 Å². The number of hydrogen-bond donors (Lipinski definition) is 0. The molecule has 0 aliphatic carbocycles. The first-order valence-electron chi connectivity index (χ1n) is 5.47. The smallest absolute Gasteiger partial charge is 0.312 e. The molecule has 20 heavy (non-hydrogen) atoms. The van der Waals surface area contributed by atoms with E-state index in [9.17, 15) is 14.5 Å². The molecule has 2 rings (SSSR count). The van der Waals surface area contributed by atoms with Crippen LogP contribution in [0.3, 0.4) is 0 Å². The average Bonchev–Trinajstić information content (AvgIpc) is 2.42. The van der Waals surface area contributed by atoms with E-state index in [0.29, 0.717) is 21.1 Å². The number of nitro groups is 1. The molecule has 7 heteroatoms. The highest BCUT2D eigenvalue weighted by atomic mass is 79.9. The lowest BCUT2D eigenvalue weighted by molar-refractivity contribution is -0.385. The third-order valence-electron chi connectivity index (χ3n) is 2.50. The molecule has 2 aromatic carbocycles. The number of benzene rings is 2. The van der Waals surface area contributed by atoms with Crippen molar-refractivity contribution in [2.75, 3.05) is 0 Å². The first-order valence-corrected chi connectivity index (χ1v) is 7.39. The van der Waals surface area contributed by atoms with Crippen LogP contribution in [-0.2, 0) is 5.33 Å². The Morgan fingerprint density at radius 1 is 1.20 bits per heavy atom. The topological polar surface area (TPSA) is 52.4 Å². The second-order valence-electron chi connectivity index (χ2n) is 3.86. The minimum Gasteiger partial charge on any atom is -0.450 e. The summed E-state index contributed by atoms with van der Waals surface area (Å²) in [6.07, 6.45) is 0. The van der Waals surface area contributed by atoms with Crippen molar-refractivity contribution < 1.29 is 14.1 Å². The Hall–Kier alpha value is -1.47. The first-order chi connectivity index (χ1) is 9.51. The van der Waals surface area contributed by atoms with E-state index in [-0.39, 0.29) is 11.4 Å². The molecule has 0 N–H and O–H groups in total. The van der Waals surface area contributed by atoms with E-state index < -0.39 is 10.7 Å². The predicted octanol–water partition coefficient (Wildman–Crippen LogP) is 5.18. The van der Waals surface area contributed by atoms with Crippen LogP contribution in [0.2, 0.25) is 0 Å². The van der Waals surface area contributed by atoms with E-state index in [0.717, 1.165) is 0 Å². The lowest BCUT2D eigenvalue weighted by Gasteiger charge is -2.10. The van der Waals surface area contributed by atoms with Crippen molar-refractivity contribution in [2.45, 2.75) is 5.33 Å². The van der Waals surface area contributed by atoms with Gasteiger partial charge in [-0.2, -0.15) is 0 Å². The molecule has 0 aliphatic rings. The van der Waals surface area contributed by atoms with Gasteiger partial charge in [0.05, 0.1) is 4.92 Å². The molecule has 0 bridgehead atoms. The number of nitrogens with zero attached hydrogens (tertiary/aromatic N) is 1. The van der Waals surface area contributed by atoms with Crippen LogP contribution < -0.4 is 4.74 Å². The minimum absolute atomic E-state index is 0.104. The standard InChI is InChI=1S/C13H8Br2FNO3/c14-7-8-5-10(16)2-4-12(8)20-13-3-1-9(15)6-11(13)17(18)19/h1-6H,7H2. The summed E-state index contributed by atoms with van der Waals surface area (Å²) in [5.74, 6) is 0.0813. The van der Waals surface area contributed by atoms with Crippen molar-refractivity contribution in [3.63, 3.8) is 0 Å². The Labute approximate surface area is 131 Å². The SMILES string of the molecule is O=[N+]([O-])c1cc(Br)ccc1Oc1ccc(F)cc1CBr. The molecule has 0 saturated carbocycles. The molecule has 0 fully saturated rings. The molecule has 0 saturated heterocycles. The molecule has 0 heterocycles. The van der Waals surface area contributed by atoms with Crippen LogP contribution in [0.1, 0.15) is 5.56 Å². The van der Waals surface area contributed by atoms with E-state index in [1.165, 1.54) is 30.3 Å². The van der Waals surface area contributed by atoms with Crippen molar-refractivity contribution in [2.24, 2.45) is 0 Å². The Bertz CT molecular complexity index is 664. The lowest BCUT2D eigenvalue weighted by atomic mass is 10.2. The van der Waals surface area contributed by atoms with Crippen LogP contribution in [-0.4, -0.2) is 4.92 Å². The summed E-state index contributed by atoms with van der Waals surface area (Å²) in [6.45, 7) is 0. The largest absolute Gasteiger partial charge is 0.450 e. The highest BCUT2D eigenvalue weighted by Gasteiger charge is 2.17. The van der Waals surface area contributed by atoms with Gasteiger partial charge < -0.3 is 4.74 Å². The Morgan fingerprint density at radius 3 is 2.55 bits per heavy atom. The van der Waals surface area contributed by atoms with E-state index >= 15 is 0 Å². The van der Waals surface area contributed by atoms with Gasteiger partial charge in [0.2, 0.25) is 5.75 Å². The summed E-state index contributed by atoms with van der Waals surface area (Å²) >= 11 is 6.40. The second-order valence-corrected chi connectivity index (χ2v) is 5.33. The highest BCUT2D eigenvalue weighted by Crippen LogP contribution is 2.35. The number of rotatable bonds is 4. The number of ether oxygens (including phenoxy) is 1. The monoisotopic (exact) mass is 403 g/mol. The van der Waals surface area contributed by atoms with Crippen molar-refractivity contribution in [3.8, 4) is 11.5 Å². The second kappa shape index (κ2) is 6.32. The minimum atomic E-state index is -0.530. The molecule has 2 aromatic rings. The van der Waals surface area contributed by atoms with Crippen LogP contribution in [0.4, 0.5) is 10.1 Å². The molecule has 0 aliphatic heterocycles. The first kappa shape index (κ1) is 14.9. The number of hydrogen-bond acceptors (Lipinski definition) is 3. The maximum absolute atomic E-state index is 13.1. The van der Waals surface area contributed by atoms with Gasteiger partial charge in [-0.1, -0.05) is 31.9 Å². The number of halogens is 3. The normalized spacial score (nSPS) is 10.3. The molecule has 0 spiro atoms. The lowest BCUT2D eigenvalue weighted by Crippen LogP contribution is -1.95. The molecule has 0 amide bonds. The Kier molecular flexibility index (Phi) is 4.72. The van der Waals surface area contributed by atoms with Gasteiger partial charge in [-0.15, -0.1) is 0 Å². The summed E-state index contributed by atoms with van der Waals surface area (Å²) in [5, 5.41) is 11.4. The van der Waals surface area contributed by atoms with Gasteiger partial charge in [-0.25, -0.2) is 4.39 Å². The van der Waals surface area contributed by atoms with Crippen molar-refractivity contribution in [1.29, 1.82) is 0 Å². The van der Waals surface area contributed by atoms with Crippen LogP contribution in [0.25, 0.3) is 0 Å². The zero-order chi connectivity index (χ0) is 14.7. The molecular weight excluding hydrogens is 397 g/mol. The summed E-state index contributed by atoms with van der Waals surface area (Å²) in [7, 11) is 0. The van der Waals surface area contributed by atoms with Gasteiger partial charge in [0.15, 0.2) is 0 Å². The number of nitro benzene ring substituents is 1.